The van der Waals surface area contributed by atoms with Crippen molar-refractivity contribution in [1.82, 2.24) is 0 Å². The average Bonchev–Trinajstić information content (AvgIpc) is 2.47. The quantitative estimate of drug-likeness (QED) is 0.899. The summed E-state index contributed by atoms with van der Waals surface area (Å²) in [6.45, 7) is 6.40. The van der Waals surface area contributed by atoms with Gasteiger partial charge in [-0.1, -0.05) is 68.8 Å². The van der Waals surface area contributed by atoms with Gasteiger partial charge in [-0.15, -0.1) is 0 Å². The minimum atomic E-state index is -1.76. The van der Waals surface area contributed by atoms with E-state index >= 15 is 0 Å². The molecule has 122 valence electrons. The molecular formula is C19H22ClNO2. The molecule has 4 heteroatoms. The van der Waals surface area contributed by atoms with E-state index in [1.807, 2.05) is 24.3 Å². The van der Waals surface area contributed by atoms with Crippen molar-refractivity contribution in [2.75, 3.05) is 0 Å². The zero-order chi connectivity index (χ0) is 17.3. The maximum absolute atomic E-state index is 11.9. The number of hydrogen-bond donors (Lipinski definition) is 2. The molecule has 1 atom stereocenters. The molecule has 2 rings (SSSR count). The molecule has 0 fully saturated rings. The van der Waals surface area contributed by atoms with E-state index in [9.17, 15) is 9.90 Å². The molecule has 1 amide bonds. The van der Waals surface area contributed by atoms with Gasteiger partial charge in [0.1, 0.15) is 0 Å². The fraction of sp³-hybridized carbons (Fsp3) is 0.316. The van der Waals surface area contributed by atoms with Crippen LogP contribution in [-0.2, 0) is 22.2 Å². The fourth-order valence-electron chi connectivity index (χ4n) is 2.48. The molecule has 0 unspecified atom stereocenters. The van der Waals surface area contributed by atoms with Gasteiger partial charge >= 0.3 is 0 Å². The van der Waals surface area contributed by atoms with Crippen LogP contribution in [0.3, 0.4) is 0 Å². The highest BCUT2D eigenvalue weighted by Gasteiger charge is 2.36. The zero-order valence-electron chi connectivity index (χ0n) is 13.6. The number of carbonyl (C=O) groups excluding carboxylic acids is 1. The number of aliphatic hydroxyl groups is 1. The maximum Gasteiger partial charge on any atom is 0.254 e. The van der Waals surface area contributed by atoms with Crippen LogP contribution in [0, 0.1) is 0 Å². The van der Waals surface area contributed by atoms with E-state index in [0.29, 0.717) is 10.6 Å². The second-order valence-electron chi connectivity index (χ2n) is 6.86. The highest BCUT2D eigenvalue weighted by molar-refractivity contribution is 6.30. The number of nitrogens with two attached hydrogens (primary N) is 1. The van der Waals surface area contributed by atoms with Crippen molar-refractivity contribution in [3.8, 4) is 0 Å². The monoisotopic (exact) mass is 331 g/mol. The van der Waals surface area contributed by atoms with Gasteiger partial charge in [0.25, 0.3) is 5.91 Å². The predicted molar refractivity (Wildman–Crippen MR) is 93.4 cm³/mol. The molecule has 23 heavy (non-hydrogen) atoms. The van der Waals surface area contributed by atoms with Gasteiger partial charge in [0.2, 0.25) is 0 Å². The van der Waals surface area contributed by atoms with Crippen molar-refractivity contribution in [1.29, 1.82) is 0 Å². The van der Waals surface area contributed by atoms with Crippen LogP contribution in [0.25, 0.3) is 0 Å². The second kappa shape index (κ2) is 6.34. The average molecular weight is 332 g/mol. The van der Waals surface area contributed by atoms with Crippen LogP contribution in [0.5, 0.6) is 0 Å². The fourth-order valence-corrected chi connectivity index (χ4v) is 2.60. The lowest BCUT2D eigenvalue weighted by Crippen LogP contribution is -2.43. The van der Waals surface area contributed by atoms with Crippen LogP contribution in [0.4, 0.5) is 0 Å². The molecule has 0 bridgehead atoms. The number of halogens is 1. The SMILES string of the molecule is CC(C)(C)c1ccc(C[C@](O)(C(N)=O)c2ccc(Cl)cc2)cc1. The third kappa shape index (κ3) is 3.92. The first kappa shape index (κ1) is 17.5. The van der Waals surface area contributed by atoms with Gasteiger partial charge in [-0.05, 0) is 34.2 Å². The van der Waals surface area contributed by atoms with Crippen LogP contribution in [0.1, 0.15) is 37.5 Å². The molecule has 0 aliphatic rings. The summed E-state index contributed by atoms with van der Waals surface area (Å²) in [7, 11) is 0. The molecule has 0 spiro atoms. The zero-order valence-corrected chi connectivity index (χ0v) is 14.4. The van der Waals surface area contributed by atoms with E-state index < -0.39 is 11.5 Å². The summed E-state index contributed by atoms with van der Waals surface area (Å²) in [5, 5.41) is 11.4. The number of amides is 1. The summed E-state index contributed by atoms with van der Waals surface area (Å²) in [5.74, 6) is -0.778. The Hall–Kier alpha value is -1.84. The molecule has 0 heterocycles. The van der Waals surface area contributed by atoms with Crippen molar-refractivity contribution < 1.29 is 9.90 Å². The van der Waals surface area contributed by atoms with Crippen LogP contribution >= 0.6 is 11.6 Å². The van der Waals surface area contributed by atoms with E-state index in [2.05, 4.69) is 20.8 Å². The number of hydrogen-bond acceptors (Lipinski definition) is 2. The minimum Gasteiger partial charge on any atom is -0.375 e. The Morgan fingerprint density at radius 3 is 1.91 bits per heavy atom. The Labute approximate surface area is 142 Å². The number of primary amides is 1. The van der Waals surface area contributed by atoms with E-state index in [4.69, 9.17) is 17.3 Å². The largest absolute Gasteiger partial charge is 0.375 e. The molecule has 0 saturated heterocycles. The highest BCUT2D eigenvalue weighted by atomic mass is 35.5. The first-order valence-electron chi connectivity index (χ1n) is 7.51. The van der Waals surface area contributed by atoms with Gasteiger partial charge in [-0.3, -0.25) is 4.79 Å². The van der Waals surface area contributed by atoms with E-state index in [-0.39, 0.29) is 11.8 Å². The molecule has 3 N–H and O–H groups in total. The number of benzene rings is 2. The van der Waals surface area contributed by atoms with Gasteiger partial charge in [-0.2, -0.15) is 0 Å². The minimum absolute atomic E-state index is 0.0503. The number of rotatable bonds is 4. The lowest BCUT2D eigenvalue weighted by Gasteiger charge is -2.26. The summed E-state index contributed by atoms with van der Waals surface area (Å²) in [4.78, 5) is 11.9. The van der Waals surface area contributed by atoms with Gasteiger partial charge in [-0.25, -0.2) is 0 Å². The molecule has 0 aliphatic carbocycles. The van der Waals surface area contributed by atoms with Gasteiger partial charge in [0.15, 0.2) is 5.60 Å². The molecule has 0 saturated carbocycles. The van der Waals surface area contributed by atoms with Crippen molar-refractivity contribution >= 4 is 17.5 Å². The third-order valence-electron chi connectivity index (χ3n) is 4.01. The Balaban J connectivity index is 2.33. The number of carbonyl (C=O) groups is 1. The normalized spacial score (nSPS) is 14.3. The van der Waals surface area contributed by atoms with E-state index in [1.165, 1.54) is 5.56 Å². The van der Waals surface area contributed by atoms with Gasteiger partial charge in [0, 0.05) is 11.4 Å². The second-order valence-corrected chi connectivity index (χ2v) is 7.29. The van der Waals surface area contributed by atoms with Crippen molar-refractivity contribution in [2.24, 2.45) is 5.73 Å². The van der Waals surface area contributed by atoms with Crippen LogP contribution in [0.2, 0.25) is 5.02 Å². The van der Waals surface area contributed by atoms with Gasteiger partial charge in [0.05, 0.1) is 0 Å². The lowest BCUT2D eigenvalue weighted by molar-refractivity contribution is -0.137. The van der Waals surface area contributed by atoms with E-state index in [0.717, 1.165) is 5.56 Å². The summed E-state index contributed by atoms with van der Waals surface area (Å²) >= 11 is 5.86. The Morgan fingerprint density at radius 2 is 1.48 bits per heavy atom. The van der Waals surface area contributed by atoms with Crippen molar-refractivity contribution in [3.63, 3.8) is 0 Å². The molecule has 2 aromatic rings. The molecule has 0 aromatic heterocycles. The van der Waals surface area contributed by atoms with Crippen LogP contribution < -0.4 is 5.73 Å². The maximum atomic E-state index is 11.9. The molecule has 3 nitrogen and oxygen atoms in total. The Kier molecular flexibility index (Phi) is 4.83. The van der Waals surface area contributed by atoms with Crippen LogP contribution in [-0.4, -0.2) is 11.0 Å². The molecule has 2 aromatic carbocycles. The van der Waals surface area contributed by atoms with Crippen molar-refractivity contribution in [2.45, 2.75) is 38.2 Å². The smallest absolute Gasteiger partial charge is 0.254 e. The van der Waals surface area contributed by atoms with E-state index in [1.54, 1.807) is 24.3 Å². The Morgan fingerprint density at radius 1 is 1.00 bits per heavy atom. The third-order valence-corrected chi connectivity index (χ3v) is 4.26. The molecular weight excluding hydrogens is 310 g/mol. The summed E-state index contributed by atoms with van der Waals surface area (Å²) in [6, 6.07) is 14.4. The van der Waals surface area contributed by atoms with Gasteiger partial charge < -0.3 is 10.8 Å². The van der Waals surface area contributed by atoms with Crippen molar-refractivity contribution in [3.05, 3.63) is 70.2 Å². The highest BCUT2D eigenvalue weighted by Crippen LogP contribution is 2.28. The molecule has 0 radical (unpaired) electrons. The molecule has 0 aliphatic heterocycles. The predicted octanol–water partition coefficient (Wildman–Crippen LogP) is 3.55. The summed E-state index contributed by atoms with van der Waals surface area (Å²) < 4.78 is 0. The topological polar surface area (TPSA) is 63.3 Å². The first-order chi connectivity index (χ1) is 10.6. The summed E-state index contributed by atoms with van der Waals surface area (Å²) in [5.41, 5.74) is 6.23. The van der Waals surface area contributed by atoms with Crippen LogP contribution in [0.15, 0.2) is 48.5 Å². The summed E-state index contributed by atoms with van der Waals surface area (Å²) in [6.07, 6.45) is 0.119. The lowest BCUT2D eigenvalue weighted by atomic mass is 9.83. The Bertz CT molecular complexity index is 687. The first-order valence-corrected chi connectivity index (χ1v) is 7.88. The standard InChI is InChI=1S/C19H22ClNO2/c1-18(2,3)14-6-4-13(5-7-14)12-19(23,17(21)22)15-8-10-16(20)11-9-15/h4-11,23H,12H2,1-3H3,(H2,21,22)/t19-/m1/s1.